The Hall–Kier alpha value is -2.30. The van der Waals surface area contributed by atoms with E-state index in [1.54, 1.807) is 12.2 Å². The fraction of sp³-hybridized carbons (Fsp3) is 0.231. The van der Waals surface area contributed by atoms with Gasteiger partial charge in [-0.2, -0.15) is 0 Å². The summed E-state index contributed by atoms with van der Waals surface area (Å²) >= 11 is 0. The van der Waals surface area contributed by atoms with Crippen molar-refractivity contribution in [3.63, 3.8) is 0 Å². The smallest absolute Gasteiger partial charge is 0.335 e. The summed E-state index contributed by atoms with van der Waals surface area (Å²) in [5, 5.41) is 8.95. The lowest BCUT2D eigenvalue weighted by molar-refractivity contribution is -0.107. The molecule has 0 radical (unpaired) electrons. The Kier molecular flexibility index (Phi) is 4.92. The predicted octanol–water partition coefficient (Wildman–Crippen LogP) is 2.00. The lowest BCUT2D eigenvalue weighted by Gasteiger charge is -2.11. The van der Waals surface area contributed by atoms with Gasteiger partial charge in [-0.15, -0.1) is 0 Å². The molecule has 0 spiro atoms. The minimum atomic E-state index is -1.06. The van der Waals surface area contributed by atoms with Crippen molar-refractivity contribution in [3.8, 4) is 11.5 Å². The Bertz CT molecular complexity index is 451. The van der Waals surface area contributed by atoms with Gasteiger partial charge >= 0.3 is 5.97 Å². The minimum absolute atomic E-state index is 0.0798. The third kappa shape index (κ3) is 3.10. The van der Waals surface area contributed by atoms with Crippen molar-refractivity contribution in [3.05, 3.63) is 29.3 Å². The zero-order valence-electron chi connectivity index (χ0n) is 10.2. The van der Waals surface area contributed by atoms with Crippen LogP contribution < -0.4 is 9.47 Å². The first-order valence-electron chi connectivity index (χ1n) is 5.23. The lowest BCUT2D eigenvalue weighted by Crippen LogP contribution is -2.00. The number of hydrogen-bond acceptors (Lipinski definition) is 4. The van der Waals surface area contributed by atoms with Gasteiger partial charge in [-0.05, 0) is 12.1 Å². The molecule has 0 saturated heterocycles. The maximum absolute atomic E-state index is 10.9. The molecule has 0 aliphatic carbocycles. The summed E-state index contributed by atoms with van der Waals surface area (Å²) in [4.78, 5) is 21.2. The molecule has 1 rings (SSSR count). The lowest BCUT2D eigenvalue weighted by atomic mass is 10.1. The first-order valence-corrected chi connectivity index (χ1v) is 5.23. The number of rotatable bonds is 6. The van der Waals surface area contributed by atoms with Gasteiger partial charge in [-0.25, -0.2) is 4.79 Å². The first-order chi connectivity index (χ1) is 8.63. The number of carboxylic acid groups (broad SMARTS) is 1. The second-order valence-corrected chi connectivity index (χ2v) is 3.40. The van der Waals surface area contributed by atoms with Crippen LogP contribution in [0, 0.1) is 0 Å². The van der Waals surface area contributed by atoms with Crippen LogP contribution in [-0.4, -0.2) is 31.6 Å². The van der Waals surface area contributed by atoms with Crippen LogP contribution in [0.2, 0.25) is 0 Å². The normalized spacial score (nSPS) is 10.3. The Morgan fingerprint density at radius 1 is 1.28 bits per heavy atom. The van der Waals surface area contributed by atoms with Gasteiger partial charge in [0.25, 0.3) is 0 Å². The molecule has 0 heterocycles. The molecule has 96 valence electrons. The summed E-state index contributed by atoms with van der Waals surface area (Å²) in [5.41, 5.74) is 0.683. The van der Waals surface area contributed by atoms with E-state index in [0.29, 0.717) is 17.1 Å². The maximum Gasteiger partial charge on any atom is 0.335 e. The van der Waals surface area contributed by atoms with Crippen molar-refractivity contribution in [1.82, 2.24) is 0 Å². The van der Waals surface area contributed by atoms with E-state index in [2.05, 4.69) is 0 Å². The van der Waals surface area contributed by atoms with E-state index in [4.69, 9.17) is 14.6 Å². The third-order valence-electron chi connectivity index (χ3n) is 2.31. The predicted molar refractivity (Wildman–Crippen MR) is 66.2 cm³/mol. The van der Waals surface area contributed by atoms with E-state index in [1.165, 1.54) is 26.4 Å². The summed E-state index contributed by atoms with van der Waals surface area (Å²) in [7, 11) is 2.88. The average Bonchev–Trinajstić information content (AvgIpc) is 2.38. The van der Waals surface area contributed by atoms with Crippen LogP contribution in [-0.2, 0) is 4.79 Å². The number of carboxylic acids is 1. The molecule has 0 amide bonds. The van der Waals surface area contributed by atoms with Gasteiger partial charge in [0.2, 0.25) is 0 Å². The summed E-state index contributed by atoms with van der Waals surface area (Å²) in [6, 6.07) is 2.82. The molecule has 1 N–H and O–H groups in total. The number of carbonyl (C=O) groups excluding carboxylic acids is 1. The average molecular weight is 250 g/mol. The maximum atomic E-state index is 10.9. The fourth-order valence-corrected chi connectivity index (χ4v) is 1.47. The van der Waals surface area contributed by atoms with Crippen LogP contribution in [0.4, 0.5) is 0 Å². The summed E-state index contributed by atoms with van der Waals surface area (Å²) in [5.74, 6) is -0.294. The van der Waals surface area contributed by atoms with Crippen molar-refractivity contribution in [2.45, 2.75) is 6.42 Å². The van der Waals surface area contributed by atoms with Gasteiger partial charge in [0, 0.05) is 6.42 Å². The first kappa shape index (κ1) is 13.8. The second kappa shape index (κ2) is 6.44. The van der Waals surface area contributed by atoms with Gasteiger partial charge < -0.3 is 19.4 Å². The zero-order chi connectivity index (χ0) is 13.5. The topological polar surface area (TPSA) is 72.8 Å². The summed E-state index contributed by atoms with van der Waals surface area (Å²) in [6.07, 6.45) is 4.35. The van der Waals surface area contributed by atoms with Crippen molar-refractivity contribution < 1.29 is 24.2 Å². The Balaban J connectivity index is 3.29. The number of hydrogen-bond donors (Lipinski definition) is 1. The number of benzene rings is 1. The largest absolute Gasteiger partial charge is 0.496 e. The number of aldehydes is 1. The molecule has 0 aliphatic heterocycles. The molecule has 0 aliphatic rings. The molecule has 0 fully saturated rings. The fourth-order valence-electron chi connectivity index (χ4n) is 1.47. The van der Waals surface area contributed by atoms with E-state index < -0.39 is 5.97 Å². The molecule has 0 bridgehead atoms. The van der Waals surface area contributed by atoms with E-state index in [-0.39, 0.29) is 12.0 Å². The third-order valence-corrected chi connectivity index (χ3v) is 2.31. The highest BCUT2D eigenvalue weighted by Gasteiger charge is 2.13. The standard InChI is InChI=1S/C13H14O5/c1-17-11-7-9(13(15)16)8-12(18-2)10(11)5-3-4-6-14/h3,5-8H,4H2,1-2H3,(H,15,16). The van der Waals surface area contributed by atoms with Gasteiger partial charge in [0.05, 0.1) is 25.3 Å². The molecule has 0 unspecified atom stereocenters. The van der Waals surface area contributed by atoms with Crippen LogP contribution >= 0.6 is 0 Å². The van der Waals surface area contributed by atoms with E-state index >= 15 is 0 Å². The molecular formula is C13H14O5. The molecule has 1 aromatic rings. The zero-order valence-corrected chi connectivity index (χ0v) is 10.2. The SMILES string of the molecule is COc1cc(C(=O)O)cc(OC)c1C=CCC=O. The van der Waals surface area contributed by atoms with Crippen LogP contribution in [0.25, 0.3) is 6.08 Å². The summed E-state index contributed by atoms with van der Waals surface area (Å²) < 4.78 is 10.3. The molecule has 0 atom stereocenters. The van der Waals surface area contributed by atoms with Crippen molar-refractivity contribution in [2.24, 2.45) is 0 Å². The Morgan fingerprint density at radius 3 is 2.22 bits per heavy atom. The van der Waals surface area contributed by atoms with Crippen LogP contribution in [0.1, 0.15) is 22.3 Å². The molecule has 0 aromatic heterocycles. The molecule has 18 heavy (non-hydrogen) atoms. The number of methoxy groups -OCH3 is 2. The van der Waals surface area contributed by atoms with E-state index in [1.807, 2.05) is 0 Å². The van der Waals surface area contributed by atoms with Gasteiger partial charge in [0.15, 0.2) is 0 Å². The highest BCUT2D eigenvalue weighted by atomic mass is 16.5. The van der Waals surface area contributed by atoms with Gasteiger partial charge in [-0.1, -0.05) is 12.2 Å². The molecule has 0 saturated carbocycles. The van der Waals surface area contributed by atoms with Crippen molar-refractivity contribution in [2.75, 3.05) is 14.2 Å². The monoisotopic (exact) mass is 250 g/mol. The Morgan fingerprint density at radius 2 is 1.83 bits per heavy atom. The highest BCUT2D eigenvalue weighted by Crippen LogP contribution is 2.31. The van der Waals surface area contributed by atoms with E-state index in [9.17, 15) is 9.59 Å². The quantitative estimate of drug-likeness (QED) is 0.782. The molecule has 1 aromatic carbocycles. The van der Waals surface area contributed by atoms with Crippen LogP contribution in [0.3, 0.4) is 0 Å². The van der Waals surface area contributed by atoms with Crippen molar-refractivity contribution in [1.29, 1.82) is 0 Å². The number of ether oxygens (including phenoxy) is 2. The van der Waals surface area contributed by atoms with Gasteiger partial charge in [-0.3, -0.25) is 0 Å². The molecule has 5 heteroatoms. The van der Waals surface area contributed by atoms with Crippen LogP contribution in [0.15, 0.2) is 18.2 Å². The van der Waals surface area contributed by atoms with E-state index in [0.717, 1.165) is 6.29 Å². The second-order valence-electron chi connectivity index (χ2n) is 3.40. The summed E-state index contributed by atoms with van der Waals surface area (Å²) in [6.45, 7) is 0. The molecule has 5 nitrogen and oxygen atoms in total. The van der Waals surface area contributed by atoms with Gasteiger partial charge in [0.1, 0.15) is 17.8 Å². The highest BCUT2D eigenvalue weighted by molar-refractivity contribution is 5.90. The molecular weight excluding hydrogens is 236 g/mol. The number of allylic oxidation sites excluding steroid dienone is 1. The number of aromatic carboxylic acids is 1. The van der Waals surface area contributed by atoms with Crippen molar-refractivity contribution >= 4 is 18.3 Å². The van der Waals surface area contributed by atoms with Crippen LogP contribution in [0.5, 0.6) is 11.5 Å². The Labute approximate surface area is 105 Å². The minimum Gasteiger partial charge on any atom is -0.496 e. The number of carbonyl (C=O) groups is 2.